The number of aliphatic imine (C=N–C) groups is 1. The van der Waals surface area contributed by atoms with Crippen molar-refractivity contribution in [3.05, 3.63) is 59.2 Å². The molecule has 1 aliphatic heterocycles. The molecule has 0 atom stereocenters. The lowest BCUT2D eigenvalue weighted by atomic mass is 9.99. The number of nitrogens with one attached hydrogen (secondary N) is 2. The second kappa shape index (κ2) is 9.82. The Balaban J connectivity index is 1.54. The number of hydrogen-bond acceptors (Lipinski definition) is 4. The summed E-state index contributed by atoms with van der Waals surface area (Å²) in [6.07, 6.45) is 0.904. The first-order valence-corrected chi connectivity index (χ1v) is 9.69. The van der Waals surface area contributed by atoms with Crippen LogP contribution in [-0.4, -0.2) is 57.7 Å². The van der Waals surface area contributed by atoms with Crippen LogP contribution in [0.3, 0.4) is 0 Å². The lowest BCUT2D eigenvalue weighted by Gasteiger charge is -2.32. The van der Waals surface area contributed by atoms with Gasteiger partial charge in [0.2, 0.25) is 0 Å². The van der Waals surface area contributed by atoms with Gasteiger partial charge >= 0.3 is 0 Å². The zero-order valence-corrected chi connectivity index (χ0v) is 17.2. The van der Waals surface area contributed by atoms with Gasteiger partial charge in [-0.2, -0.15) is 0 Å². The van der Waals surface area contributed by atoms with Crippen molar-refractivity contribution in [1.82, 2.24) is 15.5 Å². The van der Waals surface area contributed by atoms with Crippen LogP contribution in [0.1, 0.15) is 21.5 Å². The molecule has 0 radical (unpaired) electrons. The van der Waals surface area contributed by atoms with Gasteiger partial charge in [-0.25, -0.2) is 0 Å². The molecule has 2 N–H and O–H groups in total. The minimum absolute atomic E-state index is 0.0738. The van der Waals surface area contributed by atoms with E-state index in [0.29, 0.717) is 18.7 Å². The van der Waals surface area contributed by atoms with E-state index in [9.17, 15) is 4.79 Å². The first-order valence-electron chi connectivity index (χ1n) is 9.69. The number of fused-ring (bicyclic) bond motifs is 1. The maximum Gasteiger partial charge on any atom is 0.251 e. The summed E-state index contributed by atoms with van der Waals surface area (Å²) in [5.41, 5.74) is 3.13. The molecule has 0 saturated carbocycles. The Kier molecular flexibility index (Phi) is 6.94. The molecule has 2 aromatic carbocycles. The van der Waals surface area contributed by atoms with E-state index >= 15 is 0 Å². The van der Waals surface area contributed by atoms with E-state index in [0.717, 1.165) is 37.0 Å². The Hall–Kier alpha value is -3.22. The highest BCUT2D eigenvalue weighted by Gasteiger charge is 2.21. The molecule has 1 heterocycles. The van der Waals surface area contributed by atoms with E-state index in [1.807, 2.05) is 24.3 Å². The maximum absolute atomic E-state index is 12.1. The molecular weight excluding hydrogens is 368 g/mol. The van der Waals surface area contributed by atoms with Gasteiger partial charge in [-0.1, -0.05) is 18.2 Å². The maximum atomic E-state index is 12.1. The molecule has 2 aromatic rings. The first kappa shape index (κ1) is 20.5. The highest BCUT2D eigenvalue weighted by atomic mass is 16.5. The Labute approximate surface area is 171 Å². The van der Waals surface area contributed by atoms with Crippen LogP contribution in [0.4, 0.5) is 0 Å². The number of benzene rings is 2. The largest absolute Gasteiger partial charge is 0.493 e. The number of methoxy groups -OCH3 is 2. The van der Waals surface area contributed by atoms with Gasteiger partial charge < -0.3 is 25.0 Å². The van der Waals surface area contributed by atoms with Crippen LogP contribution in [-0.2, 0) is 13.0 Å². The van der Waals surface area contributed by atoms with E-state index in [2.05, 4.69) is 26.6 Å². The Morgan fingerprint density at radius 3 is 2.34 bits per heavy atom. The van der Waals surface area contributed by atoms with Crippen molar-refractivity contribution in [2.24, 2.45) is 4.99 Å². The first-order chi connectivity index (χ1) is 14.2. The Bertz CT molecular complexity index is 868. The molecule has 1 amide bonds. The molecule has 0 fully saturated rings. The summed E-state index contributed by atoms with van der Waals surface area (Å²) in [7, 11) is 5.08. The van der Waals surface area contributed by atoms with Gasteiger partial charge in [-0.3, -0.25) is 9.79 Å². The molecule has 7 heteroatoms. The molecule has 29 heavy (non-hydrogen) atoms. The quantitative estimate of drug-likeness (QED) is 0.444. The molecule has 0 spiro atoms. The predicted molar refractivity (Wildman–Crippen MR) is 114 cm³/mol. The SMILES string of the molecule is CN=C(NCCNC(=O)c1ccccc1)N1CCc2cc(OC)c(OC)cc2C1. The second-order valence-corrected chi connectivity index (χ2v) is 6.74. The fourth-order valence-electron chi connectivity index (χ4n) is 3.44. The van der Waals surface area contributed by atoms with Crippen molar-refractivity contribution >= 4 is 11.9 Å². The van der Waals surface area contributed by atoms with E-state index in [1.54, 1.807) is 33.4 Å². The number of nitrogens with zero attached hydrogens (tertiary/aromatic N) is 2. The number of rotatable bonds is 6. The number of guanidine groups is 1. The summed E-state index contributed by atoms with van der Waals surface area (Å²) in [5, 5.41) is 6.25. The number of carbonyl (C=O) groups is 1. The predicted octanol–water partition coefficient (Wildman–Crippen LogP) is 2.07. The van der Waals surface area contributed by atoms with Crippen molar-refractivity contribution < 1.29 is 14.3 Å². The van der Waals surface area contributed by atoms with Crippen LogP contribution >= 0.6 is 0 Å². The third-order valence-corrected chi connectivity index (χ3v) is 4.96. The molecule has 0 aliphatic carbocycles. The second-order valence-electron chi connectivity index (χ2n) is 6.74. The number of hydrogen-bond donors (Lipinski definition) is 2. The van der Waals surface area contributed by atoms with Crippen molar-refractivity contribution in [3.63, 3.8) is 0 Å². The van der Waals surface area contributed by atoms with Crippen LogP contribution in [0.15, 0.2) is 47.5 Å². The van der Waals surface area contributed by atoms with Gasteiger partial charge in [-0.05, 0) is 41.8 Å². The zero-order chi connectivity index (χ0) is 20.6. The van der Waals surface area contributed by atoms with Gasteiger partial charge in [-0.15, -0.1) is 0 Å². The molecule has 1 aliphatic rings. The molecule has 0 aromatic heterocycles. The van der Waals surface area contributed by atoms with E-state index < -0.39 is 0 Å². The minimum Gasteiger partial charge on any atom is -0.493 e. The lowest BCUT2D eigenvalue weighted by Crippen LogP contribution is -2.46. The fourth-order valence-corrected chi connectivity index (χ4v) is 3.44. The third kappa shape index (κ3) is 4.99. The highest BCUT2D eigenvalue weighted by Crippen LogP contribution is 2.33. The van der Waals surface area contributed by atoms with Crippen LogP contribution in [0, 0.1) is 0 Å². The molecule has 154 valence electrons. The van der Waals surface area contributed by atoms with E-state index in [4.69, 9.17) is 9.47 Å². The van der Waals surface area contributed by atoms with Crippen LogP contribution in [0.2, 0.25) is 0 Å². The molecule has 0 bridgehead atoms. The van der Waals surface area contributed by atoms with Gasteiger partial charge in [0.05, 0.1) is 14.2 Å². The van der Waals surface area contributed by atoms with Gasteiger partial charge in [0.25, 0.3) is 5.91 Å². The lowest BCUT2D eigenvalue weighted by molar-refractivity contribution is 0.0954. The molecule has 7 nitrogen and oxygen atoms in total. The van der Waals surface area contributed by atoms with Gasteiger partial charge in [0, 0.05) is 38.8 Å². The summed E-state index contributed by atoms with van der Waals surface area (Å²) < 4.78 is 10.8. The normalized spacial score (nSPS) is 13.5. The summed E-state index contributed by atoms with van der Waals surface area (Å²) in [6.45, 7) is 2.72. The van der Waals surface area contributed by atoms with Crippen LogP contribution in [0.25, 0.3) is 0 Å². The van der Waals surface area contributed by atoms with Gasteiger partial charge in [0.1, 0.15) is 0 Å². The standard InChI is InChI=1S/C22H28N4O3/c1-23-22(25-11-10-24-21(27)16-7-5-4-6-8-16)26-12-9-17-13-19(28-2)20(29-3)14-18(17)15-26/h4-8,13-14H,9-12,15H2,1-3H3,(H,23,25)(H,24,27). The summed E-state index contributed by atoms with van der Waals surface area (Å²) in [4.78, 5) is 18.7. The zero-order valence-electron chi connectivity index (χ0n) is 17.2. The summed E-state index contributed by atoms with van der Waals surface area (Å²) >= 11 is 0. The average Bonchev–Trinajstić information content (AvgIpc) is 2.78. The molecule has 0 unspecified atom stereocenters. The third-order valence-electron chi connectivity index (χ3n) is 4.96. The average molecular weight is 396 g/mol. The molecule has 0 saturated heterocycles. The van der Waals surface area contributed by atoms with E-state index in [-0.39, 0.29) is 5.91 Å². The Morgan fingerprint density at radius 2 is 1.69 bits per heavy atom. The molecule has 3 rings (SSSR count). The molecular formula is C22H28N4O3. The van der Waals surface area contributed by atoms with E-state index in [1.165, 1.54) is 11.1 Å². The summed E-state index contributed by atoms with van der Waals surface area (Å²) in [5.74, 6) is 2.24. The van der Waals surface area contributed by atoms with Crippen LogP contribution < -0.4 is 20.1 Å². The monoisotopic (exact) mass is 396 g/mol. The number of carbonyl (C=O) groups excluding carboxylic acids is 1. The Morgan fingerprint density at radius 1 is 1.03 bits per heavy atom. The topological polar surface area (TPSA) is 75.2 Å². The van der Waals surface area contributed by atoms with Crippen LogP contribution in [0.5, 0.6) is 11.5 Å². The minimum atomic E-state index is -0.0738. The summed E-state index contributed by atoms with van der Waals surface area (Å²) in [6, 6.07) is 13.3. The van der Waals surface area contributed by atoms with Gasteiger partial charge in [0.15, 0.2) is 17.5 Å². The fraction of sp³-hybridized carbons (Fsp3) is 0.364. The van der Waals surface area contributed by atoms with Crippen molar-refractivity contribution in [2.75, 3.05) is 40.9 Å². The van der Waals surface area contributed by atoms with Crippen molar-refractivity contribution in [3.8, 4) is 11.5 Å². The highest BCUT2D eigenvalue weighted by molar-refractivity contribution is 5.94. The van der Waals surface area contributed by atoms with Crippen molar-refractivity contribution in [1.29, 1.82) is 0 Å². The number of amides is 1. The number of ether oxygens (including phenoxy) is 2. The van der Waals surface area contributed by atoms with Crippen molar-refractivity contribution in [2.45, 2.75) is 13.0 Å². The smallest absolute Gasteiger partial charge is 0.251 e.